The molecule has 0 saturated heterocycles. The highest BCUT2D eigenvalue weighted by atomic mass is 35.5. The van der Waals surface area contributed by atoms with Gasteiger partial charge < -0.3 is 10.4 Å². The number of amides is 1. The van der Waals surface area contributed by atoms with Crippen LogP contribution in [-0.2, 0) is 20.2 Å². The molecule has 0 radical (unpaired) electrons. The first-order valence-corrected chi connectivity index (χ1v) is 9.49. The van der Waals surface area contributed by atoms with Gasteiger partial charge in [0, 0.05) is 17.3 Å². The monoisotopic (exact) mass is 347 g/mol. The highest BCUT2D eigenvalue weighted by Gasteiger charge is 2.36. The second-order valence-electron chi connectivity index (χ2n) is 5.52. The molecule has 1 rings (SSSR count). The van der Waals surface area contributed by atoms with Crippen LogP contribution in [0.3, 0.4) is 0 Å². The van der Waals surface area contributed by atoms with Crippen LogP contribution >= 0.6 is 11.6 Å². The number of rotatable bonds is 7. The number of halogens is 1. The van der Waals surface area contributed by atoms with E-state index in [1.165, 1.54) is 0 Å². The Morgan fingerprint density at radius 2 is 2.09 bits per heavy atom. The smallest absolute Gasteiger partial charge is 0.256 e. The minimum atomic E-state index is -3.09. The van der Waals surface area contributed by atoms with Crippen LogP contribution in [0.5, 0.6) is 0 Å². The Bertz CT molecular complexity index is 632. The number of benzene rings is 1. The summed E-state index contributed by atoms with van der Waals surface area (Å²) in [6.45, 7) is 3.40. The molecule has 0 aliphatic carbocycles. The van der Waals surface area contributed by atoms with E-state index in [1.807, 2.05) is 0 Å². The lowest BCUT2D eigenvalue weighted by atomic mass is 9.90. The van der Waals surface area contributed by atoms with Crippen molar-refractivity contribution in [2.75, 3.05) is 12.0 Å². The summed E-state index contributed by atoms with van der Waals surface area (Å²) in [6, 6.07) is 6.15. The Morgan fingerprint density at radius 3 is 2.59 bits per heavy atom. The Balaban J connectivity index is 2.84. The average Bonchev–Trinajstić information content (AvgIpc) is 2.43. The third kappa shape index (κ3) is 5.26. The summed E-state index contributed by atoms with van der Waals surface area (Å²) in [6.07, 6.45) is 1.62. The van der Waals surface area contributed by atoms with Crippen LogP contribution in [0.1, 0.15) is 32.3 Å². The molecule has 0 heterocycles. The van der Waals surface area contributed by atoms with Crippen LogP contribution in [0.25, 0.3) is 0 Å². The minimum absolute atomic E-state index is 0.0177. The van der Waals surface area contributed by atoms with Crippen molar-refractivity contribution in [3.05, 3.63) is 34.9 Å². The van der Waals surface area contributed by atoms with Gasteiger partial charge in [-0.25, -0.2) is 8.42 Å². The first-order chi connectivity index (χ1) is 10.1. The summed E-state index contributed by atoms with van der Waals surface area (Å²) in [5.41, 5.74) is -1.28. The van der Waals surface area contributed by atoms with Gasteiger partial charge in [-0.2, -0.15) is 0 Å². The standard InChI is InChI=1S/C15H22ClNO4S/c1-4-15(19,12-6-5-7-13(16)10-12)14(18)17-11(2)8-9-22(3,20)21/h5-7,10-11,19H,4,8-9H2,1-3H3,(H,17,18)/t11-,15+/m1/s1. The molecule has 0 saturated carbocycles. The van der Waals surface area contributed by atoms with Crippen LogP contribution in [0, 0.1) is 0 Å². The van der Waals surface area contributed by atoms with Gasteiger partial charge >= 0.3 is 0 Å². The number of sulfone groups is 1. The number of carbonyl (C=O) groups excluding carboxylic acids is 1. The van der Waals surface area contributed by atoms with E-state index in [2.05, 4.69) is 5.32 Å². The Hall–Kier alpha value is -1.11. The summed E-state index contributed by atoms with van der Waals surface area (Å²) in [7, 11) is -3.09. The van der Waals surface area contributed by atoms with Crippen molar-refractivity contribution in [3.63, 3.8) is 0 Å². The molecule has 0 spiro atoms. The SMILES string of the molecule is CC[C@@](O)(C(=O)N[C@H](C)CCS(C)(=O)=O)c1cccc(Cl)c1. The lowest BCUT2D eigenvalue weighted by Crippen LogP contribution is -2.47. The zero-order valence-electron chi connectivity index (χ0n) is 13.0. The van der Waals surface area contributed by atoms with Crippen molar-refractivity contribution < 1.29 is 18.3 Å². The fraction of sp³-hybridized carbons (Fsp3) is 0.533. The first kappa shape index (κ1) is 18.9. The lowest BCUT2D eigenvalue weighted by molar-refractivity contribution is -0.142. The Kier molecular flexibility index (Phi) is 6.40. The molecule has 0 aliphatic heterocycles. The van der Waals surface area contributed by atoms with Crippen LogP contribution in [0.15, 0.2) is 24.3 Å². The highest BCUT2D eigenvalue weighted by Crippen LogP contribution is 2.27. The van der Waals surface area contributed by atoms with Gasteiger partial charge in [-0.1, -0.05) is 30.7 Å². The van der Waals surface area contributed by atoms with Gasteiger partial charge in [0.15, 0.2) is 5.60 Å². The second kappa shape index (κ2) is 7.44. The van der Waals surface area contributed by atoms with Crippen molar-refractivity contribution in [3.8, 4) is 0 Å². The van der Waals surface area contributed by atoms with Crippen LogP contribution < -0.4 is 5.32 Å². The number of carbonyl (C=O) groups is 1. The molecule has 22 heavy (non-hydrogen) atoms. The molecule has 5 nitrogen and oxygen atoms in total. The average molecular weight is 348 g/mol. The van der Waals surface area contributed by atoms with Crippen molar-refractivity contribution >= 4 is 27.3 Å². The van der Waals surface area contributed by atoms with Crippen LogP contribution in [0.2, 0.25) is 5.02 Å². The summed E-state index contributed by atoms with van der Waals surface area (Å²) >= 11 is 5.91. The zero-order chi connectivity index (χ0) is 17.0. The van der Waals surface area contributed by atoms with Gasteiger partial charge in [-0.05, 0) is 37.5 Å². The molecule has 0 aromatic heterocycles. The number of aliphatic hydroxyl groups is 1. The molecule has 1 aromatic rings. The molecule has 1 amide bonds. The normalized spacial score (nSPS) is 15.9. The highest BCUT2D eigenvalue weighted by molar-refractivity contribution is 7.90. The van der Waals surface area contributed by atoms with E-state index in [1.54, 1.807) is 38.1 Å². The second-order valence-corrected chi connectivity index (χ2v) is 8.21. The first-order valence-electron chi connectivity index (χ1n) is 7.05. The van der Waals surface area contributed by atoms with E-state index < -0.39 is 21.3 Å². The molecule has 0 unspecified atom stereocenters. The maximum atomic E-state index is 12.4. The minimum Gasteiger partial charge on any atom is -0.375 e. The summed E-state index contributed by atoms with van der Waals surface area (Å²) < 4.78 is 22.3. The molecule has 0 aliphatic rings. The number of hydrogen-bond donors (Lipinski definition) is 2. The van der Waals surface area contributed by atoms with Gasteiger partial charge in [0.1, 0.15) is 9.84 Å². The van der Waals surface area contributed by atoms with Crippen molar-refractivity contribution in [1.29, 1.82) is 0 Å². The van der Waals surface area contributed by atoms with Gasteiger partial charge in [0.05, 0.1) is 5.75 Å². The Labute approximate surface area is 136 Å². The molecular formula is C15H22ClNO4S. The van der Waals surface area contributed by atoms with E-state index >= 15 is 0 Å². The quantitative estimate of drug-likeness (QED) is 0.788. The van der Waals surface area contributed by atoms with Gasteiger partial charge in [0.2, 0.25) is 0 Å². The summed E-state index contributed by atoms with van der Waals surface area (Å²) in [5.74, 6) is -0.575. The number of nitrogens with one attached hydrogen (secondary N) is 1. The van der Waals surface area contributed by atoms with Gasteiger partial charge in [-0.3, -0.25) is 4.79 Å². The van der Waals surface area contributed by atoms with E-state index in [0.717, 1.165) is 6.26 Å². The summed E-state index contributed by atoms with van der Waals surface area (Å²) in [5, 5.41) is 13.8. The maximum Gasteiger partial charge on any atom is 0.256 e. The van der Waals surface area contributed by atoms with E-state index in [0.29, 0.717) is 17.0 Å². The van der Waals surface area contributed by atoms with E-state index in [4.69, 9.17) is 11.6 Å². The van der Waals surface area contributed by atoms with E-state index in [-0.39, 0.29) is 18.2 Å². The number of hydrogen-bond acceptors (Lipinski definition) is 4. The zero-order valence-corrected chi connectivity index (χ0v) is 14.5. The molecular weight excluding hydrogens is 326 g/mol. The predicted molar refractivity (Wildman–Crippen MR) is 87.6 cm³/mol. The largest absolute Gasteiger partial charge is 0.375 e. The van der Waals surface area contributed by atoms with Gasteiger partial charge in [0.25, 0.3) is 5.91 Å². The van der Waals surface area contributed by atoms with Crippen molar-refractivity contribution in [2.45, 2.75) is 38.3 Å². The van der Waals surface area contributed by atoms with E-state index in [9.17, 15) is 18.3 Å². The molecule has 124 valence electrons. The molecule has 7 heteroatoms. The molecule has 0 bridgehead atoms. The maximum absolute atomic E-state index is 12.4. The topological polar surface area (TPSA) is 83.5 Å². The molecule has 2 N–H and O–H groups in total. The van der Waals surface area contributed by atoms with Crippen molar-refractivity contribution in [2.24, 2.45) is 0 Å². The summed E-state index contributed by atoms with van der Waals surface area (Å²) in [4.78, 5) is 12.4. The fourth-order valence-electron chi connectivity index (χ4n) is 2.05. The van der Waals surface area contributed by atoms with Crippen LogP contribution in [-0.4, -0.2) is 37.5 Å². The Morgan fingerprint density at radius 1 is 1.45 bits per heavy atom. The molecule has 2 atom stereocenters. The third-order valence-electron chi connectivity index (χ3n) is 3.49. The molecule has 1 aromatic carbocycles. The fourth-order valence-corrected chi connectivity index (χ4v) is 3.02. The van der Waals surface area contributed by atoms with Crippen molar-refractivity contribution in [1.82, 2.24) is 5.32 Å². The lowest BCUT2D eigenvalue weighted by Gasteiger charge is -2.28. The third-order valence-corrected chi connectivity index (χ3v) is 4.70. The predicted octanol–water partition coefficient (Wildman–Crippen LogP) is 1.88. The molecule has 0 fully saturated rings. The van der Waals surface area contributed by atoms with Crippen LogP contribution in [0.4, 0.5) is 0 Å². The van der Waals surface area contributed by atoms with Gasteiger partial charge in [-0.15, -0.1) is 0 Å².